The first-order valence-electron chi connectivity index (χ1n) is 8.66. The van der Waals surface area contributed by atoms with E-state index in [2.05, 4.69) is 5.10 Å². The average Bonchev–Trinajstić information content (AvgIpc) is 3.37. The van der Waals surface area contributed by atoms with E-state index in [1.165, 1.54) is 4.90 Å². The van der Waals surface area contributed by atoms with Gasteiger partial charge in [0.15, 0.2) is 6.19 Å². The Balaban J connectivity index is 1.70. The summed E-state index contributed by atoms with van der Waals surface area (Å²) in [4.78, 5) is 15.5. The van der Waals surface area contributed by atoms with Crippen molar-refractivity contribution in [3.05, 3.63) is 35.7 Å². The molecule has 6 nitrogen and oxygen atoms in total. The lowest BCUT2D eigenvalue weighted by molar-refractivity contribution is -0.140. The third-order valence-corrected chi connectivity index (χ3v) is 5.17. The average molecular weight is 393 g/mol. The lowest BCUT2D eigenvalue weighted by Crippen LogP contribution is -2.43. The molecule has 4 rings (SSSR count). The molecular weight excluding hydrogens is 378 g/mol. The Hall–Kier alpha value is -3.09. The normalized spacial score (nSPS) is 21.7. The molecule has 3 heterocycles. The van der Waals surface area contributed by atoms with Gasteiger partial charge in [-0.15, -0.1) is 0 Å². The first kappa shape index (κ1) is 18.3. The van der Waals surface area contributed by atoms with Crippen LogP contribution < -0.4 is 4.90 Å². The van der Waals surface area contributed by atoms with E-state index in [0.29, 0.717) is 23.2 Å². The van der Waals surface area contributed by atoms with E-state index in [4.69, 9.17) is 5.26 Å². The van der Waals surface area contributed by atoms with Gasteiger partial charge in [0.25, 0.3) is 5.91 Å². The van der Waals surface area contributed by atoms with Crippen molar-refractivity contribution >= 4 is 11.6 Å². The van der Waals surface area contributed by atoms with E-state index in [0.717, 1.165) is 11.1 Å². The minimum atomic E-state index is -4.59. The number of benzene rings is 1. The minimum Gasteiger partial charge on any atom is -0.310 e. The van der Waals surface area contributed by atoms with Crippen molar-refractivity contribution in [2.24, 2.45) is 0 Å². The fourth-order valence-electron chi connectivity index (χ4n) is 3.93. The summed E-state index contributed by atoms with van der Waals surface area (Å²) in [5.41, 5.74) is 0.401. The highest BCUT2D eigenvalue weighted by molar-refractivity contribution is 6.00. The SMILES string of the molecule is N#CN1C[C@@H](F)C[C@H]1C(=O)N1CCc2c(-c3cn[nH]c3C(F)(F)F)cccc21. The van der Waals surface area contributed by atoms with Gasteiger partial charge in [-0.2, -0.15) is 23.5 Å². The number of halogens is 4. The number of nitriles is 1. The van der Waals surface area contributed by atoms with Gasteiger partial charge in [-0.1, -0.05) is 12.1 Å². The minimum absolute atomic E-state index is 0.0716. The highest BCUT2D eigenvalue weighted by Crippen LogP contribution is 2.41. The molecule has 28 heavy (non-hydrogen) atoms. The zero-order valence-electron chi connectivity index (χ0n) is 14.5. The first-order chi connectivity index (χ1) is 13.3. The van der Waals surface area contributed by atoms with E-state index < -0.39 is 30.0 Å². The van der Waals surface area contributed by atoms with Crippen molar-refractivity contribution in [1.82, 2.24) is 15.1 Å². The molecule has 1 aromatic carbocycles. The summed E-state index contributed by atoms with van der Waals surface area (Å²) in [5, 5.41) is 14.7. The van der Waals surface area contributed by atoms with Crippen LogP contribution in [0.5, 0.6) is 0 Å². The second-order valence-electron chi connectivity index (χ2n) is 6.80. The topological polar surface area (TPSA) is 76.0 Å². The molecule has 1 amide bonds. The molecule has 1 aromatic heterocycles. The fraction of sp³-hybridized carbons (Fsp3) is 0.389. The molecule has 0 aliphatic carbocycles. The maximum absolute atomic E-state index is 13.7. The molecule has 1 saturated heterocycles. The molecule has 0 saturated carbocycles. The number of likely N-dealkylation sites (tertiary alicyclic amines) is 1. The van der Waals surface area contributed by atoms with E-state index in [1.54, 1.807) is 18.2 Å². The van der Waals surface area contributed by atoms with Crippen LogP contribution in [0.15, 0.2) is 24.4 Å². The number of aromatic amines is 1. The quantitative estimate of drug-likeness (QED) is 0.629. The number of hydrogen-bond donors (Lipinski definition) is 1. The first-order valence-corrected chi connectivity index (χ1v) is 8.66. The molecule has 146 valence electrons. The summed E-state index contributed by atoms with van der Waals surface area (Å²) < 4.78 is 53.4. The van der Waals surface area contributed by atoms with Crippen LogP contribution in [0.2, 0.25) is 0 Å². The lowest BCUT2D eigenvalue weighted by atomic mass is 9.98. The number of alkyl halides is 4. The number of fused-ring (bicyclic) bond motifs is 1. The van der Waals surface area contributed by atoms with Gasteiger partial charge in [-0.05, 0) is 23.6 Å². The summed E-state index contributed by atoms with van der Waals surface area (Å²) in [6.07, 6.45) is -2.61. The molecule has 10 heteroatoms. The molecule has 2 atom stereocenters. The number of H-pyrrole nitrogens is 1. The summed E-state index contributed by atoms with van der Waals surface area (Å²) in [5.74, 6) is -0.416. The third-order valence-electron chi connectivity index (χ3n) is 5.17. The summed E-state index contributed by atoms with van der Waals surface area (Å²) in [6, 6.07) is 3.88. The Bertz CT molecular complexity index is 964. The number of carbonyl (C=O) groups is 1. The molecule has 1 N–H and O–H groups in total. The number of anilines is 1. The van der Waals surface area contributed by atoms with Crippen LogP contribution in [0.25, 0.3) is 11.1 Å². The van der Waals surface area contributed by atoms with E-state index in [9.17, 15) is 22.4 Å². The van der Waals surface area contributed by atoms with Crippen molar-refractivity contribution in [1.29, 1.82) is 5.26 Å². The predicted molar refractivity (Wildman–Crippen MR) is 90.7 cm³/mol. The van der Waals surface area contributed by atoms with Gasteiger partial charge >= 0.3 is 6.18 Å². The van der Waals surface area contributed by atoms with E-state index in [1.807, 2.05) is 11.3 Å². The Morgan fingerprint density at radius 2 is 2.11 bits per heavy atom. The fourth-order valence-corrected chi connectivity index (χ4v) is 3.93. The maximum atomic E-state index is 13.7. The highest BCUT2D eigenvalue weighted by atomic mass is 19.4. The van der Waals surface area contributed by atoms with Gasteiger partial charge in [0.2, 0.25) is 0 Å². The predicted octanol–water partition coefficient (Wildman–Crippen LogP) is 2.88. The van der Waals surface area contributed by atoms with Gasteiger partial charge in [0.1, 0.15) is 17.9 Å². The van der Waals surface area contributed by atoms with E-state index in [-0.39, 0.29) is 25.1 Å². The molecule has 0 unspecified atom stereocenters. The van der Waals surface area contributed by atoms with Gasteiger partial charge < -0.3 is 4.90 Å². The molecule has 0 spiro atoms. The summed E-state index contributed by atoms with van der Waals surface area (Å²) in [7, 11) is 0. The number of aromatic nitrogens is 2. The molecule has 0 bridgehead atoms. The number of nitrogens with zero attached hydrogens (tertiary/aromatic N) is 4. The smallest absolute Gasteiger partial charge is 0.310 e. The van der Waals surface area contributed by atoms with Crippen LogP contribution in [0.3, 0.4) is 0 Å². The van der Waals surface area contributed by atoms with Crippen molar-refractivity contribution in [2.45, 2.75) is 31.2 Å². The Morgan fingerprint density at radius 3 is 2.82 bits per heavy atom. The number of nitrogens with one attached hydrogen (secondary N) is 1. The standard InChI is InChI=1S/C18H15F4N5O/c19-10-6-15(26(8-10)9-23)17(28)27-5-4-12-11(2-1-3-14(12)27)13-7-24-25-16(13)18(20,21)22/h1-3,7,10,15H,4-6,8H2,(H,24,25)/t10-,15-/m0/s1. The number of hydrogen-bond acceptors (Lipinski definition) is 4. The maximum Gasteiger partial charge on any atom is 0.433 e. The zero-order chi connectivity index (χ0) is 20.1. The molecule has 2 aliphatic heterocycles. The summed E-state index contributed by atoms with van der Waals surface area (Å²) >= 11 is 0. The highest BCUT2D eigenvalue weighted by Gasteiger charge is 2.42. The molecule has 2 aromatic rings. The second-order valence-corrected chi connectivity index (χ2v) is 6.80. The second kappa shape index (κ2) is 6.51. The number of carbonyl (C=O) groups excluding carboxylic acids is 1. The number of amides is 1. The zero-order valence-corrected chi connectivity index (χ0v) is 14.5. The van der Waals surface area contributed by atoms with Crippen molar-refractivity contribution in [3.63, 3.8) is 0 Å². The van der Waals surface area contributed by atoms with Crippen LogP contribution in [0.4, 0.5) is 23.2 Å². The molecular formula is C18H15F4N5O. The molecule has 2 aliphatic rings. The Kier molecular flexibility index (Phi) is 4.25. The van der Waals surface area contributed by atoms with Crippen LogP contribution >= 0.6 is 0 Å². The molecule has 0 radical (unpaired) electrons. The van der Waals surface area contributed by atoms with Gasteiger partial charge in [0, 0.05) is 24.2 Å². The Labute approximate surface area is 157 Å². The van der Waals surface area contributed by atoms with Crippen molar-refractivity contribution in [3.8, 4) is 17.3 Å². The summed E-state index contributed by atoms with van der Waals surface area (Å²) in [6.45, 7) is 0.134. The van der Waals surface area contributed by atoms with Gasteiger partial charge in [-0.3, -0.25) is 14.8 Å². The molecule has 1 fully saturated rings. The van der Waals surface area contributed by atoms with Crippen LogP contribution in [-0.4, -0.2) is 46.3 Å². The van der Waals surface area contributed by atoms with Gasteiger partial charge in [-0.25, -0.2) is 4.39 Å². The Morgan fingerprint density at radius 1 is 1.32 bits per heavy atom. The van der Waals surface area contributed by atoms with Crippen molar-refractivity contribution < 1.29 is 22.4 Å². The van der Waals surface area contributed by atoms with Crippen LogP contribution in [0.1, 0.15) is 17.7 Å². The van der Waals surface area contributed by atoms with Crippen LogP contribution in [-0.2, 0) is 17.4 Å². The lowest BCUT2D eigenvalue weighted by Gasteiger charge is -2.24. The largest absolute Gasteiger partial charge is 0.433 e. The van der Waals surface area contributed by atoms with Crippen LogP contribution in [0, 0.1) is 11.5 Å². The third kappa shape index (κ3) is 2.87. The monoisotopic (exact) mass is 393 g/mol. The number of rotatable bonds is 2. The van der Waals surface area contributed by atoms with Crippen molar-refractivity contribution in [2.75, 3.05) is 18.0 Å². The van der Waals surface area contributed by atoms with Gasteiger partial charge in [0.05, 0.1) is 12.7 Å². The van der Waals surface area contributed by atoms with E-state index >= 15 is 0 Å².